The molecule has 2 aliphatic rings. The Bertz CT molecular complexity index is 3500. The molecule has 5 N–H and O–H groups in total. The Morgan fingerprint density at radius 1 is 0.881 bits per heavy atom. The average molecular weight is 1190 g/mol. The maximum atomic E-state index is 17.1. The van der Waals surface area contributed by atoms with Gasteiger partial charge < -0.3 is 59.8 Å². The van der Waals surface area contributed by atoms with E-state index in [0.717, 1.165) is 21.7 Å². The third-order valence-corrected chi connectivity index (χ3v) is 16.0. The highest BCUT2D eigenvalue weighted by Gasteiger charge is 2.45. The van der Waals surface area contributed by atoms with Crippen molar-refractivity contribution in [3.8, 4) is 33.1 Å². The van der Waals surface area contributed by atoms with E-state index in [-0.39, 0.29) is 99.0 Å². The van der Waals surface area contributed by atoms with Gasteiger partial charge in [-0.1, -0.05) is 87.5 Å². The van der Waals surface area contributed by atoms with Crippen molar-refractivity contribution in [1.82, 2.24) is 35.4 Å². The number of phenols is 1. The number of aliphatic hydroxyl groups is 1. The Hall–Kier alpha value is -7.79. The van der Waals surface area contributed by atoms with Crippen LogP contribution >= 0.6 is 22.9 Å². The molecule has 5 aromatic carbocycles. The van der Waals surface area contributed by atoms with Crippen molar-refractivity contribution in [3.63, 3.8) is 0 Å². The SMILES string of the molecule is C=CC(=O)N1CCN(c2nc(Nc3ccc(OCCOCCOCCOCC(=O)N[C@H](C(=O)N4C[C@H](O)C[C@H]4C(=O)NC(C)c4ccc(-c5scnc5C)cc4)C(C)(C)C)cc3)nc3c(F)c(-c4cc(O)cc5ccccc45)c(Cl)cc23)CC1. The Labute approximate surface area is 495 Å². The fourth-order valence-electron chi connectivity index (χ4n) is 10.3. The number of ether oxygens (including phenoxy) is 4. The smallest absolute Gasteiger partial charge is 0.246 e. The lowest BCUT2D eigenvalue weighted by Gasteiger charge is -2.35. The molecule has 442 valence electrons. The number of β-amino-alcohol motifs (C(OH)–C–C–N with tert-alkyl or cyclic N) is 1. The summed E-state index contributed by atoms with van der Waals surface area (Å²) >= 11 is 8.47. The molecular formula is C62H69ClFN9O10S. The van der Waals surface area contributed by atoms with Gasteiger partial charge in [-0.05, 0) is 95.3 Å². The number of aliphatic hydroxyl groups excluding tert-OH is 1. The third kappa shape index (κ3) is 14.6. The Morgan fingerprint density at radius 3 is 2.25 bits per heavy atom. The Kier molecular flexibility index (Phi) is 19.7. The van der Waals surface area contributed by atoms with Crippen LogP contribution in [0.5, 0.6) is 11.5 Å². The van der Waals surface area contributed by atoms with Crippen LogP contribution in [0.2, 0.25) is 5.02 Å². The molecule has 9 rings (SSSR count). The lowest BCUT2D eigenvalue weighted by molar-refractivity contribution is -0.144. The van der Waals surface area contributed by atoms with Crippen LogP contribution in [0.15, 0.2) is 109 Å². The minimum absolute atomic E-state index is 0.0196. The number of anilines is 3. The van der Waals surface area contributed by atoms with Gasteiger partial charge in [0.05, 0.1) is 66.3 Å². The number of carbonyl (C=O) groups is 4. The second kappa shape index (κ2) is 27.3. The summed E-state index contributed by atoms with van der Waals surface area (Å²) in [7, 11) is 0. The highest BCUT2D eigenvalue weighted by molar-refractivity contribution is 7.13. The van der Waals surface area contributed by atoms with Gasteiger partial charge in [0, 0.05) is 55.8 Å². The van der Waals surface area contributed by atoms with Gasteiger partial charge in [0.1, 0.15) is 48.1 Å². The molecule has 4 atom stereocenters. The molecule has 2 aromatic heterocycles. The normalized spacial score (nSPS) is 16.2. The molecule has 2 fully saturated rings. The van der Waals surface area contributed by atoms with E-state index in [2.05, 4.69) is 32.5 Å². The van der Waals surface area contributed by atoms with Crippen LogP contribution in [-0.4, -0.2) is 156 Å². The van der Waals surface area contributed by atoms with Crippen LogP contribution in [0.25, 0.3) is 43.2 Å². The van der Waals surface area contributed by atoms with E-state index >= 15 is 4.39 Å². The summed E-state index contributed by atoms with van der Waals surface area (Å²) in [5, 5.41) is 32.3. The number of amides is 4. The molecule has 1 unspecified atom stereocenters. The molecule has 0 aliphatic carbocycles. The van der Waals surface area contributed by atoms with Crippen LogP contribution in [0.3, 0.4) is 0 Å². The lowest BCUT2D eigenvalue weighted by Crippen LogP contribution is -2.58. The number of aryl methyl sites for hydroxylation is 1. The van der Waals surface area contributed by atoms with E-state index in [1.807, 2.05) is 88.0 Å². The third-order valence-electron chi connectivity index (χ3n) is 14.7. The number of fused-ring (bicyclic) bond motifs is 2. The van der Waals surface area contributed by atoms with Crippen LogP contribution in [0.4, 0.5) is 21.8 Å². The minimum Gasteiger partial charge on any atom is -0.508 e. The van der Waals surface area contributed by atoms with E-state index in [4.69, 9.17) is 35.5 Å². The van der Waals surface area contributed by atoms with Gasteiger partial charge in [-0.15, -0.1) is 11.3 Å². The molecule has 4 amide bonds. The van der Waals surface area contributed by atoms with E-state index in [9.17, 15) is 29.4 Å². The zero-order valence-corrected chi connectivity index (χ0v) is 49.1. The van der Waals surface area contributed by atoms with Crippen LogP contribution < -0.4 is 25.6 Å². The van der Waals surface area contributed by atoms with Gasteiger partial charge in [-0.25, -0.2) is 14.4 Å². The second-order valence-electron chi connectivity index (χ2n) is 21.7. The number of piperazine rings is 1. The molecule has 22 heteroatoms. The number of carbonyl (C=O) groups excluding carboxylic acids is 4. The molecule has 0 radical (unpaired) electrons. The number of phenolic OH excluding ortho intramolecular Hbond substituents is 1. The number of rotatable bonds is 23. The van der Waals surface area contributed by atoms with Crippen LogP contribution in [0.1, 0.15) is 51.4 Å². The number of hydrogen-bond acceptors (Lipinski definition) is 16. The molecule has 0 bridgehead atoms. The number of aromatic hydroxyl groups is 1. The van der Waals surface area contributed by atoms with Crippen molar-refractivity contribution in [2.24, 2.45) is 5.41 Å². The summed E-state index contributed by atoms with van der Waals surface area (Å²) in [5.41, 5.74) is 5.06. The van der Waals surface area contributed by atoms with Crippen molar-refractivity contribution < 1.29 is 52.7 Å². The number of nitrogens with zero attached hydrogens (tertiary/aromatic N) is 6. The molecule has 84 heavy (non-hydrogen) atoms. The molecule has 2 aliphatic heterocycles. The zero-order chi connectivity index (χ0) is 59.7. The molecular weight excluding hydrogens is 1120 g/mol. The van der Waals surface area contributed by atoms with E-state index in [1.165, 1.54) is 17.0 Å². The number of halogens is 2. The first-order valence-corrected chi connectivity index (χ1v) is 29.0. The van der Waals surface area contributed by atoms with Crippen molar-refractivity contribution in [2.75, 3.05) is 89.2 Å². The van der Waals surface area contributed by atoms with Crippen molar-refractivity contribution in [1.29, 1.82) is 0 Å². The maximum Gasteiger partial charge on any atom is 0.246 e. The number of thiazole rings is 1. The summed E-state index contributed by atoms with van der Waals surface area (Å²) in [5.74, 6) is -1.14. The summed E-state index contributed by atoms with van der Waals surface area (Å²) in [6.07, 6.45) is 0.448. The fourth-order valence-corrected chi connectivity index (χ4v) is 11.4. The summed E-state index contributed by atoms with van der Waals surface area (Å²) in [6.45, 7) is 15.5. The first-order chi connectivity index (χ1) is 40.4. The monoisotopic (exact) mass is 1190 g/mol. The van der Waals surface area contributed by atoms with E-state index in [0.29, 0.717) is 65.2 Å². The predicted molar refractivity (Wildman–Crippen MR) is 322 cm³/mol. The van der Waals surface area contributed by atoms with Crippen LogP contribution in [-0.2, 0) is 33.4 Å². The Morgan fingerprint density at radius 2 is 1.57 bits per heavy atom. The Balaban J connectivity index is 0.708. The number of nitrogens with one attached hydrogen (secondary N) is 3. The summed E-state index contributed by atoms with van der Waals surface area (Å²) in [6, 6.07) is 24.7. The lowest BCUT2D eigenvalue weighted by atomic mass is 9.85. The molecule has 0 saturated carbocycles. The van der Waals surface area contributed by atoms with Gasteiger partial charge in [-0.3, -0.25) is 19.2 Å². The first-order valence-electron chi connectivity index (χ1n) is 27.8. The molecule has 0 spiro atoms. The largest absolute Gasteiger partial charge is 0.508 e. The molecule has 19 nitrogen and oxygen atoms in total. The summed E-state index contributed by atoms with van der Waals surface area (Å²) < 4.78 is 39.9. The minimum atomic E-state index is -1.00. The van der Waals surface area contributed by atoms with Crippen molar-refractivity contribution >= 4 is 85.7 Å². The zero-order valence-electron chi connectivity index (χ0n) is 47.5. The number of likely N-dealkylation sites (tertiary alicyclic amines) is 1. The predicted octanol–water partition coefficient (Wildman–Crippen LogP) is 8.76. The molecule has 2 saturated heterocycles. The van der Waals surface area contributed by atoms with Gasteiger partial charge >= 0.3 is 0 Å². The average Bonchev–Trinajstić information content (AvgIpc) is 1.73. The molecule has 7 aromatic rings. The van der Waals surface area contributed by atoms with E-state index in [1.54, 1.807) is 58.1 Å². The second-order valence-corrected chi connectivity index (χ2v) is 23.0. The quantitative estimate of drug-likeness (QED) is 0.0298. The van der Waals surface area contributed by atoms with Gasteiger partial charge in [0.25, 0.3) is 0 Å². The fraction of sp³-hybridized carbons (Fsp3) is 0.371. The summed E-state index contributed by atoms with van der Waals surface area (Å²) in [4.78, 5) is 73.3. The van der Waals surface area contributed by atoms with E-state index < -0.39 is 47.1 Å². The highest BCUT2D eigenvalue weighted by Crippen LogP contribution is 2.43. The number of aromatic nitrogens is 3. The maximum absolute atomic E-state index is 17.1. The standard InChI is InChI=1S/C62H69ClFN9O10S/c1-7-52(77)71-20-22-72(23-21-71)58-48-33-49(63)53(47-31-43(74)30-41-10-8-9-11-46(41)47)54(64)55(48)69-61(70-58)67-42-16-18-45(19-17-42)83-29-28-81-25-24-80-26-27-82-35-51(76)68-57(62(4,5)6)60(79)73-34-44(75)32-50(73)59(78)66-37(2)39-12-14-40(15-13-39)56-38(3)65-36-84-56/h7-19,30-31,33,36-37,44,50,57,74-75H,1,20-29,32,34-35H2,2-6H3,(H,66,78)(H,68,76)(H,67,69,70)/t37?,44-,50+,57-/m1/s1. The van der Waals surface area contributed by atoms with Gasteiger partial charge in [0.15, 0.2) is 5.82 Å². The highest BCUT2D eigenvalue weighted by atomic mass is 35.5. The number of hydrogen-bond donors (Lipinski definition) is 5. The van der Waals surface area contributed by atoms with Crippen molar-refractivity contribution in [2.45, 2.75) is 65.3 Å². The first kappa shape index (κ1) is 60.8. The van der Waals surface area contributed by atoms with Crippen molar-refractivity contribution in [3.05, 3.63) is 131 Å². The van der Waals surface area contributed by atoms with Gasteiger partial charge in [0.2, 0.25) is 29.6 Å². The molecule has 4 heterocycles. The van der Waals surface area contributed by atoms with Crippen LogP contribution in [0, 0.1) is 18.2 Å². The van der Waals surface area contributed by atoms with Gasteiger partial charge in [-0.2, -0.15) is 4.98 Å². The topological polar surface area (TPSA) is 230 Å². The number of benzene rings is 5.